The predicted octanol–water partition coefficient (Wildman–Crippen LogP) is 7.03. The van der Waals surface area contributed by atoms with Gasteiger partial charge in [0.25, 0.3) is 5.91 Å². The standard InChI is InChI=1S/C27H23NO3S/c1-30-25-17-16-20(18-21(25)19-32-23-12-6-3-7-13-23)27(29)28-24-14-8-9-15-26(24)31-22-10-4-2-5-11-22/h2-18H,19H2,1H3,(H,28,29). The summed E-state index contributed by atoms with van der Waals surface area (Å²) in [6.45, 7) is 0. The van der Waals surface area contributed by atoms with E-state index < -0.39 is 0 Å². The molecule has 4 aromatic rings. The molecule has 32 heavy (non-hydrogen) atoms. The highest BCUT2D eigenvalue weighted by Crippen LogP contribution is 2.31. The lowest BCUT2D eigenvalue weighted by Gasteiger charge is -2.14. The van der Waals surface area contributed by atoms with Crippen LogP contribution in [0.3, 0.4) is 0 Å². The molecular formula is C27H23NO3S. The molecule has 4 rings (SSSR count). The highest BCUT2D eigenvalue weighted by molar-refractivity contribution is 7.98. The summed E-state index contributed by atoms with van der Waals surface area (Å²) < 4.78 is 11.5. The first kappa shape index (κ1) is 21.5. The Morgan fingerprint density at radius 2 is 1.50 bits per heavy atom. The summed E-state index contributed by atoms with van der Waals surface area (Å²) in [5.74, 6) is 2.54. The van der Waals surface area contributed by atoms with Gasteiger partial charge in [-0.15, -0.1) is 11.8 Å². The number of methoxy groups -OCH3 is 1. The molecule has 0 bridgehead atoms. The lowest BCUT2D eigenvalue weighted by Crippen LogP contribution is -2.13. The number of nitrogens with one attached hydrogen (secondary N) is 1. The highest BCUT2D eigenvalue weighted by Gasteiger charge is 2.13. The van der Waals surface area contributed by atoms with Gasteiger partial charge in [0.15, 0.2) is 5.75 Å². The van der Waals surface area contributed by atoms with Crippen molar-refractivity contribution in [1.29, 1.82) is 0 Å². The van der Waals surface area contributed by atoms with E-state index in [0.717, 1.165) is 16.2 Å². The molecule has 160 valence electrons. The summed E-state index contributed by atoms with van der Waals surface area (Å²) in [6.07, 6.45) is 0. The number of benzene rings is 4. The molecule has 0 fully saturated rings. The van der Waals surface area contributed by atoms with Gasteiger partial charge in [-0.1, -0.05) is 48.5 Å². The second kappa shape index (κ2) is 10.6. The fourth-order valence-corrected chi connectivity index (χ4v) is 4.08. The third-order valence-electron chi connectivity index (χ3n) is 4.79. The third kappa shape index (κ3) is 5.50. The van der Waals surface area contributed by atoms with E-state index in [1.54, 1.807) is 24.9 Å². The van der Waals surface area contributed by atoms with E-state index in [9.17, 15) is 4.79 Å². The Morgan fingerprint density at radius 3 is 2.25 bits per heavy atom. The number of anilines is 1. The van der Waals surface area contributed by atoms with Gasteiger partial charge < -0.3 is 14.8 Å². The van der Waals surface area contributed by atoms with Crippen LogP contribution in [0.25, 0.3) is 0 Å². The first-order valence-corrected chi connectivity index (χ1v) is 11.2. The Hall–Kier alpha value is -3.70. The van der Waals surface area contributed by atoms with E-state index in [1.807, 2.05) is 84.9 Å². The average molecular weight is 442 g/mol. The average Bonchev–Trinajstić information content (AvgIpc) is 2.85. The molecule has 5 heteroatoms. The Morgan fingerprint density at radius 1 is 0.812 bits per heavy atom. The maximum absolute atomic E-state index is 13.0. The molecule has 4 nitrogen and oxygen atoms in total. The van der Waals surface area contributed by atoms with E-state index in [-0.39, 0.29) is 5.91 Å². The quantitative estimate of drug-likeness (QED) is 0.298. The first-order valence-electron chi connectivity index (χ1n) is 10.2. The summed E-state index contributed by atoms with van der Waals surface area (Å²) in [7, 11) is 1.64. The summed E-state index contributed by atoms with van der Waals surface area (Å²) in [4.78, 5) is 14.2. The minimum Gasteiger partial charge on any atom is -0.496 e. The summed E-state index contributed by atoms with van der Waals surface area (Å²) in [5, 5.41) is 2.97. The smallest absolute Gasteiger partial charge is 0.255 e. The zero-order valence-electron chi connectivity index (χ0n) is 17.7. The number of amides is 1. The van der Waals surface area contributed by atoms with Crippen molar-refractivity contribution in [3.63, 3.8) is 0 Å². The van der Waals surface area contributed by atoms with Gasteiger partial charge in [0, 0.05) is 21.8 Å². The van der Waals surface area contributed by atoms with Crippen molar-refractivity contribution in [2.45, 2.75) is 10.6 Å². The van der Waals surface area contributed by atoms with Gasteiger partial charge in [-0.25, -0.2) is 0 Å². The van der Waals surface area contributed by atoms with Gasteiger partial charge >= 0.3 is 0 Å². The summed E-state index contributed by atoms with van der Waals surface area (Å²) >= 11 is 1.70. The van der Waals surface area contributed by atoms with E-state index in [4.69, 9.17) is 9.47 Å². The van der Waals surface area contributed by atoms with Crippen molar-refractivity contribution in [3.05, 3.63) is 114 Å². The van der Waals surface area contributed by atoms with Crippen LogP contribution >= 0.6 is 11.8 Å². The van der Waals surface area contributed by atoms with Gasteiger partial charge in [0.2, 0.25) is 0 Å². The number of hydrogen-bond acceptors (Lipinski definition) is 4. The third-order valence-corrected chi connectivity index (χ3v) is 5.85. The predicted molar refractivity (Wildman–Crippen MR) is 130 cm³/mol. The van der Waals surface area contributed by atoms with Gasteiger partial charge in [0.1, 0.15) is 11.5 Å². The minimum atomic E-state index is -0.206. The summed E-state index contributed by atoms with van der Waals surface area (Å²) in [5.41, 5.74) is 2.13. The molecule has 0 unspecified atom stereocenters. The van der Waals surface area contributed by atoms with Gasteiger partial charge in [-0.05, 0) is 54.6 Å². The maximum Gasteiger partial charge on any atom is 0.255 e. The Balaban J connectivity index is 1.51. The first-order chi connectivity index (χ1) is 15.7. The van der Waals surface area contributed by atoms with Crippen molar-refractivity contribution in [2.75, 3.05) is 12.4 Å². The molecule has 0 aliphatic heterocycles. The van der Waals surface area contributed by atoms with Crippen LogP contribution < -0.4 is 14.8 Å². The summed E-state index contributed by atoms with van der Waals surface area (Å²) in [6, 6.07) is 32.5. The molecule has 0 radical (unpaired) electrons. The molecule has 0 aliphatic carbocycles. The lowest BCUT2D eigenvalue weighted by molar-refractivity contribution is 0.102. The van der Waals surface area contributed by atoms with Gasteiger partial charge in [-0.3, -0.25) is 4.79 Å². The van der Waals surface area contributed by atoms with Crippen LogP contribution in [0.1, 0.15) is 15.9 Å². The van der Waals surface area contributed by atoms with Gasteiger partial charge in [0.05, 0.1) is 12.8 Å². The zero-order valence-corrected chi connectivity index (χ0v) is 18.5. The normalized spacial score (nSPS) is 10.4. The van der Waals surface area contributed by atoms with E-state index >= 15 is 0 Å². The number of carbonyl (C=O) groups is 1. The number of para-hydroxylation sites is 3. The van der Waals surface area contributed by atoms with Crippen molar-refractivity contribution in [1.82, 2.24) is 0 Å². The fraction of sp³-hybridized carbons (Fsp3) is 0.0741. The largest absolute Gasteiger partial charge is 0.496 e. The molecular weight excluding hydrogens is 418 g/mol. The van der Waals surface area contributed by atoms with Crippen molar-refractivity contribution >= 4 is 23.4 Å². The molecule has 4 aromatic carbocycles. The molecule has 1 N–H and O–H groups in total. The Kier molecular flexibility index (Phi) is 7.10. The lowest BCUT2D eigenvalue weighted by atomic mass is 10.1. The van der Waals surface area contributed by atoms with Crippen LogP contribution in [0.5, 0.6) is 17.2 Å². The van der Waals surface area contributed by atoms with Crippen LogP contribution in [0.15, 0.2) is 108 Å². The Labute approximate surface area is 192 Å². The highest BCUT2D eigenvalue weighted by atomic mass is 32.2. The van der Waals surface area contributed by atoms with Crippen LogP contribution in [0.4, 0.5) is 5.69 Å². The second-order valence-corrected chi connectivity index (χ2v) is 8.04. The molecule has 0 aromatic heterocycles. The number of thioether (sulfide) groups is 1. The fourth-order valence-electron chi connectivity index (χ4n) is 3.18. The SMILES string of the molecule is COc1ccc(C(=O)Nc2ccccc2Oc2ccccc2)cc1CSc1ccccc1. The van der Waals surface area contributed by atoms with E-state index in [2.05, 4.69) is 17.4 Å². The topological polar surface area (TPSA) is 47.6 Å². The van der Waals surface area contributed by atoms with Gasteiger partial charge in [-0.2, -0.15) is 0 Å². The molecule has 0 heterocycles. The van der Waals surface area contributed by atoms with E-state index in [0.29, 0.717) is 28.5 Å². The number of carbonyl (C=O) groups excluding carboxylic acids is 1. The van der Waals surface area contributed by atoms with Crippen molar-refractivity contribution < 1.29 is 14.3 Å². The van der Waals surface area contributed by atoms with Crippen LogP contribution in [0, 0.1) is 0 Å². The maximum atomic E-state index is 13.0. The number of ether oxygens (including phenoxy) is 2. The second-order valence-electron chi connectivity index (χ2n) is 6.99. The molecule has 0 aliphatic rings. The van der Waals surface area contributed by atoms with Crippen LogP contribution in [0.2, 0.25) is 0 Å². The van der Waals surface area contributed by atoms with E-state index in [1.165, 1.54) is 0 Å². The number of rotatable bonds is 8. The van der Waals surface area contributed by atoms with Crippen molar-refractivity contribution in [3.8, 4) is 17.2 Å². The molecule has 0 saturated carbocycles. The monoisotopic (exact) mass is 441 g/mol. The number of hydrogen-bond donors (Lipinski definition) is 1. The molecule has 1 amide bonds. The Bertz CT molecular complexity index is 1180. The molecule has 0 atom stereocenters. The minimum absolute atomic E-state index is 0.206. The van der Waals surface area contributed by atoms with Crippen molar-refractivity contribution in [2.24, 2.45) is 0 Å². The van der Waals surface area contributed by atoms with Crippen LogP contribution in [-0.2, 0) is 5.75 Å². The molecule has 0 saturated heterocycles. The molecule has 0 spiro atoms. The zero-order chi connectivity index (χ0) is 22.2. The van der Waals surface area contributed by atoms with Crippen LogP contribution in [-0.4, -0.2) is 13.0 Å².